The molecule has 22 heavy (non-hydrogen) atoms. The van der Waals surface area contributed by atoms with Crippen molar-refractivity contribution >= 4 is 5.97 Å². The summed E-state index contributed by atoms with van der Waals surface area (Å²) in [5, 5.41) is 0. The largest absolute Gasteiger partial charge is 0.497 e. The number of hydrogen-bond acceptors (Lipinski definition) is 4. The minimum Gasteiger partial charge on any atom is -0.497 e. The van der Waals surface area contributed by atoms with Crippen LogP contribution in [0.15, 0.2) is 18.2 Å². The van der Waals surface area contributed by atoms with E-state index in [9.17, 15) is 26.7 Å². The van der Waals surface area contributed by atoms with Crippen molar-refractivity contribution in [3.63, 3.8) is 0 Å². The van der Waals surface area contributed by atoms with Crippen LogP contribution in [0.1, 0.15) is 24.1 Å². The summed E-state index contributed by atoms with van der Waals surface area (Å²) in [6.07, 6.45) is -4.94. The predicted molar refractivity (Wildman–Crippen MR) is 66.5 cm³/mol. The van der Waals surface area contributed by atoms with Crippen molar-refractivity contribution in [2.75, 3.05) is 13.7 Å². The van der Waals surface area contributed by atoms with Gasteiger partial charge in [-0.1, -0.05) is 6.07 Å². The summed E-state index contributed by atoms with van der Waals surface area (Å²) in [7, 11) is 1.13. The Labute approximate surface area is 123 Å². The van der Waals surface area contributed by atoms with Crippen molar-refractivity contribution in [2.45, 2.75) is 25.1 Å². The van der Waals surface area contributed by atoms with Crippen LogP contribution in [0.5, 0.6) is 5.75 Å². The van der Waals surface area contributed by atoms with E-state index in [4.69, 9.17) is 5.73 Å². The number of rotatable bonds is 5. The van der Waals surface area contributed by atoms with Crippen LogP contribution >= 0.6 is 0 Å². The lowest BCUT2D eigenvalue weighted by molar-refractivity contribution is -0.175. The Kier molecular flexibility index (Phi) is 5.34. The van der Waals surface area contributed by atoms with Crippen molar-refractivity contribution in [3.05, 3.63) is 29.3 Å². The van der Waals surface area contributed by atoms with E-state index in [0.717, 1.165) is 19.2 Å². The smallest absolute Gasteiger partial charge is 0.416 e. The first-order valence-electron chi connectivity index (χ1n) is 6.11. The molecule has 1 rings (SSSR count). The highest BCUT2D eigenvalue weighted by Gasteiger charge is 2.50. The lowest BCUT2D eigenvalue weighted by Crippen LogP contribution is -2.42. The summed E-state index contributed by atoms with van der Waals surface area (Å²) < 4.78 is 75.4. The van der Waals surface area contributed by atoms with Gasteiger partial charge < -0.3 is 15.2 Å². The Bertz CT molecular complexity index is 545. The van der Waals surface area contributed by atoms with Crippen LogP contribution in [0.3, 0.4) is 0 Å². The second-order valence-electron chi connectivity index (χ2n) is 4.27. The average molecular weight is 327 g/mol. The van der Waals surface area contributed by atoms with Gasteiger partial charge >= 0.3 is 18.1 Å². The maximum atomic E-state index is 13.8. The van der Waals surface area contributed by atoms with E-state index in [1.54, 1.807) is 0 Å². The van der Waals surface area contributed by atoms with Crippen molar-refractivity contribution in [1.82, 2.24) is 0 Å². The van der Waals surface area contributed by atoms with Crippen molar-refractivity contribution in [2.24, 2.45) is 5.73 Å². The Morgan fingerprint density at radius 2 is 1.86 bits per heavy atom. The highest BCUT2D eigenvalue weighted by atomic mass is 19.4. The van der Waals surface area contributed by atoms with Gasteiger partial charge in [0.1, 0.15) is 11.8 Å². The molecule has 124 valence electrons. The van der Waals surface area contributed by atoms with Crippen molar-refractivity contribution in [3.8, 4) is 5.75 Å². The molecule has 0 heterocycles. The zero-order valence-electron chi connectivity index (χ0n) is 11.7. The number of alkyl halides is 5. The average Bonchev–Trinajstić information content (AvgIpc) is 2.45. The molecule has 4 nitrogen and oxygen atoms in total. The van der Waals surface area contributed by atoms with Gasteiger partial charge in [-0.15, -0.1) is 0 Å². The van der Waals surface area contributed by atoms with Gasteiger partial charge in [0.2, 0.25) is 0 Å². The Balaban J connectivity index is 3.33. The number of carbonyl (C=O) groups excluding carboxylic acids is 1. The van der Waals surface area contributed by atoms with Gasteiger partial charge in [-0.25, -0.2) is 4.79 Å². The third kappa shape index (κ3) is 3.65. The fraction of sp³-hybridized carbons (Fsp3) is 0.462. The second-order valence-corrected chi connectivity index (χ2v) is 4.27. The first kappa shape index (κ1) is 18.1. The van der Waals surface area contributed by atoms with E-state index in [0.29, 0.717) is 6.07 Å². The van der Waals surface area contributed by atoms with E-state index < -0.39 is 35.2 Å². The Hall–Kier alpha value is -1.90. The molecule has 0 bridgehead atoms. The molecule has 0 aliphatic rings. The summed E-state index contributed by atoms with van der Waals surface area (Å²) >= 11 is 0. The number of halogens is 5. The first-order chi connectivity index (χ1) is 10.1. The van der Waals surface area contributed by atoms with Gasteiger partial charge in [0.05, 0.1) is 19.3 Å². The fourth-order valence-electron chi connectivity index (χ4n) is 1.73. The zero-order valence-corrected chi connectivity index (χ0v) is 11.7. The van der Waals surface area contributed by atoms with E-state index in [-0.39, 0.29) is 12.4 Å². The number of nitrogens with two attached hydrogens (primary N) is 1. The van der Waals surface area contributed by atoms with E-state index >= 15 is 0 Å². The molecule has 0 unspecified atom stereocenters. The number of ether oxygens (including phenoxy) is 2. The molecule has 0 saturated carbocycles. The molecule has 1 aromatic carbocycles. The molecule has 0 fully saturated rings. The number of esters is 1. The lowest BCUT2D eigenvalue weighted by Gasteiger charge is -2.24. The molecule has 1 atom stereocenters. The molecule has 0 amide bonds. The van der Waals surface area contributed by atoms with Crippen LogP contribution in [-0.4, -0.2) is 25.6 Å². The van der Waals surface area contributed by atoms with E-state index in [2.05, 4.69) is 9.47 Å². The van der Waals surface area contributed by atoms with Gasteiger partial charge in [-0.05, 0) is 24.6 Å². The first-order valence-corrected chi connectivity index (χ1v) is 6.11. The third-order valence-corrected chi connectivity index (χ3v) is 2.84. The van der Waals surface area contributed by atoms with Gasteiger partial charge in [0, 0.05) is 0 Å². The summed E-state index contributed by atoms with van der Waals surface area (Å²) in [5.41, 5.74) is 2.88. The van der Waals surface area contributed by atoms with Gasteiger partial charge in [-0.3, -0.25) is 0 Å². The molecule has 0 aliphatic carbocycles. The molecule has 0 radical (unpaired) electrons. The standard InChI is InChI=1S/C13H14F5NO3/c1-3-22-11(20)12(14,15)10(19)8-5-4-7(21-2)6-9(8)13(16,17)18/h4-6,10H,3,19H2,1-2H3/t10-/m1/s1. The summed E-state index contributed by atoms with van der Waals surface area (Å²) in [6.45, 7) is 0.934. The molecule has 0 saturated heterocycles. The van der Waals surface area contributed by atoms with Crippen LogP contribution < -0.4 is 10.5 Å². The molecule has 9 heteroatoms. The summed E-state index contributed by atoms with van der Waals surface area (Å²) in [4.78, 5) is 11.2. The molecule has 2 N–H and O–H groups in total. The van der Waals surface area contributed by atoms with E-state index in [1.807, 2.05) is 0 Å². The maximum Gasteiger partial charge on any atom is 0.416 e. The molecule has 0 spiro atoms. The second kappa shape index (κ2) is 6.47. The SMILES string of the molecule is CCOC(=O)C(F)(F)[C@H](N)c1ccc(OC)cc1C(F)(F)F. The minimum atomic E-state index is -4.94. The third-order valence-electron chi connectivity index (χ3n) is 2.84. The van der Waals surface area contributed by atoms with Gasteiger partial charge in [0.25, 0.3) is 0 Å². The number of carbonyl (C=O) groups is 1. The summed E-state index contributed by atoms with van der Waals surface area (Å²) in [5.74, 6) is -6.46. The van der Waals surface area contributed by atoms with Crippen molar-refractivity contribution in [1.29, 1.82) is 0 Å². The number of benzene rings is 1. The van der Waals surface area contributed by atoms with Gasteiger partial charge in [-0.2, -0.15) is 22.0 Å². The molecule has 0 aromatic heterocycles. The predicted octanol–water partition coefficient (Wildman–Crippen LogP) is 2.91. The Morgan fingerprint density at radius 3 is 2.32 bits per heavy atom. The quantitative estimate of drug-likeness (QED) is 0.667. The van der Waals surface area contributed by atoms with Crippen LogP contribution in [0.25, 0.3) is 0 Å². The highest BCUT2D eigenvalue weighted by molar-refractivity contribution is 5.79. The van der Waals surface area contributed by atoms with Crippen LogP contribution in [-0.2, 0) is 15.7 Å². The van der Waals surface area contributed by atoms with Crippen molar-refractivity contribution < 1.29 is 36.2 Å². The maximum absolute atomic E-state index is 13.8. The summed E-state index contributed by atoms with van der Waals surface area (Å²) in [6, 6.07) is -0.171. The molecular weight excluding hydrogens is 313 g/mol. The molecule has 0 aliphatic heterocycles. The van der Waals surface area contributed by atoms with Crippen LogP contribution in [0, 0.1) is 0 Å². The van der Waals surface area contributed by atoms with E-state index in [1.165, 1.54) is 6.92 Å². The monoisotopic (exact) mass is 327 g/mol. The Morgan fingerprint density at radius 1 is 1.27 bits per heavy atom. The topological polar surface area (TPSA) is 61.5 Å². The van der Waals surface area contributed by atoms with Crippen LogP contribution in [0.4, 0.5) is 22.0 Å². The number of hydrogen-bond donors (Lipinski definition) is 1. The highest BCUT2D eigenvalue weighted by Crippen LogP contribution is 2.40. The molecule has 1 aromatic rings. The lowest BCUT2D eigenvalue weighted by atomic mass is 9.95. The fourth-order valence-corrected chi connectivity index (χ4v) is 1.73. The van der Waals surface area contributed by atoms with Crippen LogP contribution in [0.2, 0.25) is 0 Å². The zero-order chi connectivity index (χ0) is 17.1. The molecular formula is C13H14F5NO3. The normalized spacial score (nSPS) is 13.6. The number of methoxy groups -OCH3 is 1. The minimum absolute atomic E-state index is 0.178. The van der Waals surface area contributed by atoms with Gasteiger partial charge in [0.15, 0.2) is 0 Å².